The molecule has 17 heavy (non-hydrogen) atoms. The molecule has 0 unspecified atom stereocenters. The van der Waals surface area contributed by atoms with E-state index in [4.69, 9.17) is 9.57 Å². The predicted octanol–water partition coefficient (Wildman–Crippen LogP) is 2.19. The maximum atomic E-state index is 10.9. The van der Waals surface area contributed by atoms with Crippen LogP contribution in [0.2, 0.25) is 0 Å². The Morgan fingerprint density at radius 3 is 2.29 bits per heavy atom. The summed E-state index contributed by atoms with van der Waals surface area (Å²) in [6, 6.07) is 7.11. The van der Waals surface area contributed by atoms with E-state index in [-0.39, 0.29) is 5.78 Å². The van der Waals surface area contributed by atoms with Crippen LogP contribution in [0.15, 0.2) is 24.3 Å². The summed E-state index contributed by atoms with van der Waals surface area (Å²) in [7, 11) is 5.36. The predicted molar refractivity (Wildman–Crippen MR) is 68.8 cm³/mol. The van der Waals surface area contributed by atoms with E-state index >= 15 is 0 Å². The van der Waals surface area contributed by atoms with Crippen molar-refractivity contribution in [2.24, 2.45) is 0 Å². The molecule has 4 nitrogen and oxygen atoms in total. The second kappa shape index (κ2) is 5.25. The van der Waals surface area contributed by atoms with Crippen molar-refractivity contribution in [1.29, 1.82) is 0 Å². The van der Waals surface area contributed by atoms with Crippen molar-refractivity contribution in [2.45, 2.75) is 6.92 Å². The molecule has 5 heteroatoms. The first kappa shape index (κ1) is 13.6. The molecule has 0 aromatic heterocycles. The molecule has 1 aromatic rings. The average molecular weight is 254 g/mol. The van der Waals surface area contributed by atoms with Crippen LogP contribution >= 0.6 is 12.2 Å². The standard InChI is InChI=1S/C9H10O2.C3H6NOS/c1-7(10)8-4-3-5-9(6-8)11-2;1-4(2)3(6)5-4/h3-6H,1-2H3;1-2H3/q;+1. The molecule has 0 amide bonds. The number of rotatable bonds is 2. The van der Waals surface area contributed by atoms with Gasteiger partial charge < -0.3 is 4.74 Å². The summed E-state index contributed by atoms with van der Waals surface area (Å²) in [5.74, 6) is 0.779. The van der Waals surface area contributed by atoms with Crippen molar-refractivity contribution in [2.75, 3.05) is 21.2 Å². The monoisotopic (exact) mass is 254 g/mol. The van der Waals surface area contributed by atoms with Gasteiger partial charge in [0.05, 0.1) is 7.11 Å². The molecule has 2 rings (SSSR count). The number of hydroxylamine groups is 3. The van der Waals surface area contributed by atoms with Gasteiger partial charge in [-0.05, 0) is 19.1 Å². The minimum absolute atomic E-state index is 0.0592. The SMILES string of the molecule is COc1cccc(C(C)=O)c1.C[N+]1(C)OC1=S. The van der Waals surface area contributed by atoms with Crippen LogP contribution in [0.1, 0.15) is 17.3 Å². The molecule has 1 aliphatic heterocycles. The van der Waals surface area contributed by atoms with Gasteiger partial charge in [0.15, 0.2) is 5.78 Å². The molecule has 0 atom stereocenters. The van der Waals surface area contributed by atoms with Crippen molar-refractivity contribution < 1.29 is 19.0 Å². The van der Waals surface area contributed by atoms with Gasteiger partial charge in [0.2, 0.25) is 0 Å². The number of methoxy groups -OCH3 is 1. The molecule has 0 bridgehead atoms. The van der Waals surface area contributed by atoms with Gasteiger partial charge in [0.25, 0.3) is 0 Å². The number of thiocarbonyl (C=S) groups is 1. The number of hydrogen-bond acceptors (Lipinski definition) is 4. The molecular formula is C12H16NO3S+. The Morgan fingerprint density at radius 1 is 1.41 bits per heavy atom. The number of ketones is 1. The van der Waals surface area contributed by atoms with E-state index in [2.05, 4.69) is 12.2 Å². The first-order valence-electron chi connectivity index (χ1n) is 5.10. The van der Waals surface area contributed by atoms with E-state index in [9.17, 15) is 4.79 Å². The van der Waals surface area contributed by atoms with Gasteiger partial charge in [-0.1, -0.05) is 16.8 Å². The Balaban J connectivity index is 0.000000202. The van der Waals surface area contributed by atoms with E-state index in [1.807, 2.05) is 20.2 Å². The third-order valence-electron chi connectivity index (χ3n) is 2.19. The molecule has 0 spiro atoms. The Bertz CT molecular complexity index is 443. The van der Waals surface area contributed by atoms with Gasteiger partial charge in [0, 0.05) is 17.8 Å². The minimum Gasteiger partial charge on any atom is -0.497 e. The largest absolute Gasteiger partial charge is 0.497 e. The minimum atomic E-state index is 0.0592. The molecular weight excluding hydrogens is 238 g/mol. The topological polar surface area (TPSA) is 38.8 Å². The van der Waals surface area contributed by atoms with Crippen LogP contribution in [0.4, 0.5) is 0 Å². The zero-order chi connectivity index (χ0) is 13.1. The molecule has 0 N–H and O–H groups in total. The van der Waals surface area contributed by atoms with Gasteiger partial charge in [-0.15, -0.1) is 0 Å². The van der Waals surface area contributed by atoms with Gasteiger partial charge in [-0.25, -0.2) is 4.84 Å². The van der Waals surface area contributed by atoms with E-state index in [0.29, 0.717) is 15.4 Å². The number of nitrogens with zero attached hydrogens (tertiary/aromatic N) is 1. The number of benzene rings is 1. The second-order valence-corrected chi connectivity index (χ2v) is 4.35. The molecule has 0 radical (unpaired) electrons. The molecule has 1 aliphatic rings. The highest BCUT2D eigenvalue weighted by Crippen LogP contribution is 2.18. The summed E-state index contributed by atoms with van der Waals surface area (Å²) < 4.78 is 5.42. The summed E-state index contributed by atoms with van der Waals surface area (Å²) in [5, 5.41) is 0.676. The fraction of sp³-hybridized carbons (Fsp3) is 0.333. The van der Waals surface area contributed by atoms with E-state index in [0.717, 1.165) is 5.75 Å². The maximum absolute atomic E-state index is 10.9. The van der Waals surface area contributed by atoms with E-state index < -0.39 is 0 Å². The summed E-state index contributed by atoms with van der Waals surface area (Å²) in [5.41, 5.74) is 0.685. The average Bonchev–Trinajstić information content (AvgIpc) is 2.84. The number of carbonyl (C=O) groups is 1. The van der Waals surface area contributed by atoms with Crippen LogP contribution in [-0.2, 0) is 4.84 Å². The third-order valence-corrected chi connectivity index (χ3v) is 2.70. The van der Waals surface area contributed by atoms with Crippen molar-refractivity contribution in [3.05, 3.63) is 29.8 Å². The first-order valence-corrected chi connectivity index (χ1v) is 5.50. The third kappa shape index (κ3) is 4.13. The summed E-state index contributed by atoms with van der Waals surface area (Å²) in [6.07, 6.45) is 0. The number of hydrogen-bond donors (Lipinski definition) is 0. The summed E-state index contributed by atoms with van der Waals surface area (Å²) >= 11 is 4.63. The van der Waals surface area contributed by atoms with Gasteiger partial charge >= 0.3 is 5.17 Å². The summed E-state index contributed by atoms with van der Waals surface area (Å²) in [4.78, 5) is 15.6. The number of ether oxygens (including phenoxy) is 1. The highest BCUT2D eigenvalue weighted by atomic mass is 32.1. The highest BCUT2D eigenvalue weighted by molar-refractivity contribution is 7.80. The lowest BCUT2D eigenvalue weighted by Crippen LogP contribution is -2.10. The van der Waals surface area contributed by atoms with E-state index in [1.165, 1.54) is 6.92 Å². The zero-order valence-electron chi connectivity index (χ0n) is 10.4. The molecule has 1 fully saturated rings. The van der Waals surface area contributed by atoms with Crippen LogP contribution in [0.5, 0.6) is 5.75 Å². The van der Waals surface area contributed by atoms with Crippen LogP contribution < -0.4 is 4.74 Å². The summed E-state index contributed by atoms with van der Waals surface area (Å²) in [6.45, 7) is 1.54. The molecule has 1 aromatic carbocycles. The maximum Gasteiger partial charge on any atom is 0.457 e. The molecule has 1 heterocycles. The Morgan fingerprint density at radius 2 is 1.94 bits per heavy atom. The van der Waals surface area contributed by atoms with Gasteiger partial charge in [-0.2, -0.15) is 0 Å². The molecule has 1 saturated heterocycles. The van der Waals surface area contributed by atoms with Crippen LogP contribution in [0.3, 0.4) is 0 Å². The number of Topliss-reactive ketones (excluding diaryl/α,β-unsaturated/α-hetero) is 1. The van der Waals surface area contributed by atoms with Crippen molar-refractivity contribution >= 4 is 23.2 Å². The Hall–Kier alpha value is -1.46. The highest BCUT2D eigenvalue weighted by Gasteiger charge is 2.47. The number of quaternary nitrogens is 1. The zero-order valence-corrected chi connectivity index (χ0v) is 11.2. The molecule has 92 valence electrons. The van der Waals surface area contributed by atoms with Gasteiger partial charge in [0.1, 0.15) is 19.8 Å². The normalized spacial score (nSPS) is 15.2. The lowest BCUT2D eigenvalue weighted by Gasteiger charge is -1.99. The number of carbonyl (C=O) groups excluding carboxylic acids is 1. The lowest BCUT2D eigenvalue weighted by molar-refractivity contribution is -0.854. The van der Waals surface area contributed by atoms with Crippen LogP contribution in [-0.4, -0.2) is 36.8 Å². The van der Waals surface area contributed by atoms with Crippen molar-refractivity contribution in [3.8, 4) is 5.75 Å². The molecule has 0 aliphatic carbocycles. The Labute approximate surface area is 106 Å². The fourth-order valence-electron chi connectivity index (χ4n) is 1.02. The Kier molecular flexibility index (Phi) is 4.20. The van der Waals surface area contributed by atoms with Crippen molar-refractivity contribution in [3.63, 3.8) is 0 Å². The fourth-order valence-corrected chi connectivity index (χ4v) is 1.20. The van der Waals surface area contributed by atoms with Crippen LogP contribution in [0.25, 0.3) is 0 Å². The second-order valence-electron chi connectivity index (χ2n) is 4.00. The van der Waals surface area contributed by atoms with Crippen molar-refractivity contribution in [1.82, 2.24) is 0 Å². The first-order chi connectivity index (χ1) is 7.86. The van der Waals surface area contributed by atoms with Crippen LogP contribution in [0, 0.1) is 0 Å². The van der Waals surface area contributed by atoms with E-state index in [1.54, 1.807) is 25.3 Å². The smallest absolute Gasteiger partial charge is 0.457 e. The lowest BCUT2D eigenvalue weighted by atomic mass is 10.1. The van der Waals surface area contributed by atoms with Gasteiger partial charge in [-0.3, -0.25) is 4.79 Å². The molecule has 0 saturated carbocycles. The quantitative estimate of drug-likeness (QED) is 0.351.